The molecule has 1 aromatic carbocycles. The molecular weight excluding hydrogens is 321 g/mol. The number of carbonyl (C=O) groups is 1. The summed E-state index contributed by atoms with van der Waals surface area (Å²) in [4.78, 5) is 10.0. The predicted octanol–water partition coefficient (Wildman–Crippen LogP) is 2.62. The van der Waals surface area contributed by atoms with Crippen LogP contribution >= 0.6 is 38.5 Å². The van der Waals surface area contributed by atoms with Crippen molar-refractivity contribution in [2.75, 3.05) is 5.32 Å². The summed E-state index contributed by atoms with van der Waals surface area (Å²) < 4.78 is 2.11. The summed E-state index contributed by atoms with van der Waals surface area (Å²) in [6.07, 6.45) is 0.661. The maximum absolute atomic E-state index is 10.0. The minimum atomic E-state index is 0.661. The van der Waals surface area contributed by atoms with E-state index in [1.165, 1.54) is 0 Å². The monoisotopic (exact) mass is 325 g/mol. The minimum Gasteiger partial charge on any atom is -0.329 e. The maximum Gasteiger partial charge on any atom is 0.211 e. The fourth-order valence-electron chi connectivity index (χ4n) is 0.654. The van der Waals surface area contributed by atoms with Crippen molar-refractivity contribution in [2.45, 2.75) is 0 Å². The van der Waals surface area contributed by atoms with Crippen LogP contribution in [0.25, 0.3) is 0 Å². The van der Waals surface area contributed by atoms with Crippen molar-refractivity contribution >= 4 is 50.6 Å². The molecule has 0 atom stereocenters. The lowest BCUT2D eigenvalue weighted by Gasteiger charge is -1.99. The van der Waals surface area contributed by atoms with E-state index in [0.717, 1.165) is 13.7 Å². The summed E-state index contributed by atoms with van der Waals surface area (Å²) in [6.45, 7) is 0. The molecule has 1 rings (SSSR count). The normalized spacial score (nSPS) is 9.27. The molecule has 0 saturated heterocycles. The molecule has 0 saturated carbocycles. The number of amides is 1. The van der Waals surface area contributed by atoms with Crippen molar-refractivity contribution in [3.63, 3.8) is 0 Å². The van der Waals surface area contributed by atoms with Crippen LogP contribution in [-0.4, -0.2) is 6.41 Å². The van der Waals surface area contributed by atoms with Crippen LogP contribution in [0.4, 0.5) is 5.69 Å². The van der Waals surface area contributed by atoms with Crippen LogP contribution in [0, 0.1) is 3.57 Å². The largest absolute Gasteiger partial charge is 0.329 e. The van der Waals surface area contributed by atoms with Crippen LogP contribution in [0.3, 0.4) is 0 Å². The first-order chi connectivity index (χ1) is 5.24. The van der Waals surface area contributed by atoms with Gasteiger partial charge in [-0.2, -0.15) is 0 Å². The molecule has 0 aromatic heterocycles. The van der Waals surface area contributed by atoms with Gasteiger partial charge in [-0.05, 0) is 56.7 Å². The number of hydrogen-bond donors (Lipinski definition) is 1. The summed E-state index contributed by atoms with van der Waals surface area (Å²) >= 11 is 5.56. The van der Waals surface area contributed by atoms with Crippen molar-refractivity contribution < 1.29 is 4.79 Å². The topological polar surface area (TPSA) is 29.1 Å². The number of rotatable bonds is 2. The first-order valence-corrected chi connectivity index (χ1v) is 4.76. The molecule has 0 aliphatic carbocycles. The van der Waals surface area contributed by atoms with Gasteiger partial charge in [0.05, 0.1) is 0 Å². The Balaban J connectivity index is 2.95. The number of anilines is 1. The van der Waals surface area contributed by atoms with E-state index in [-0.39, 0.29) is 0 Å². The Hall–Kier alpha value is -0.100. The van der Waals surface area contributed by atoms with Gasteiger partial charge in [0, 0.05) is 13.7 Å². The predicted molar refractivity (Wildman–Crippen MR) is 56.5 cm³/mol. The minimum absolute atomic E-state index is 0.661. The van der Waals surface area contributed by atoms with Crippen molar-refractivity contribution in [3.05, 3.63) is 26.2 Å². The Morgan fingerprint density at radius 1 is 1.55 bits per heavy atom. The Kier molecular flexibility index (Phi) is 3.32. The number of carbonyl (C=O) groups excluding carboxylic acids is 1. The van der Waals surface area contributed by atoms with Crippen LogP contribution in [0.15, 0.2) is 22.7 Å². The van der Waals surface area contributed by atoms with Crippen molar-refractivity contribution in [1.29, 1.82) is 0 Å². The van der Waals surface area contributed by atoms with Gasteiger partial charge >= 0.3 is 0 Å². The highest BCUT2D eigenvalue weighted by molar-refractivity contribution is 14.1. The zero-order chi connectivity index (χ0) is 8.27. The molecule has 1 N–H and O–H groups in total. The molecule has 4 heteroatoms. The molecule has 0 aliphatic rings. The van der Waals surface area contributed by atoms with Crippen molar-refractivity contribution in [1.82, 2.24) is 0 Å². The van der Waals surface area contributed by atoms with E-state index in [2.05, 4.69) is 43.8 Å². The quantitative estimate of drug-likeness (QED) is 0.657. The molecule has 0 spiro atoms. The highest BCUT2D eigenvalue weighted by Gasteiger charge is 1.96. The summed E-state index contributed by atoms with van der Waals surface area (Å²) in [5, 5.41) is 2.56. The van der Waals surface area contributed by atoms with Crippen LogP contribution in [0.1, 0.15) is 0 Å². The average molecular weight is 326 g/mol. The van der Waals surface area contributed by atoms with Gasteiger partial charge in [0.15, 0.2) is 0 Å². The number of nitrogens with one attached hydrogen (secondary N) is 1. The standard InChI is InChI=1S/C7H5BrINO/c8-6-3-5(10-4-11)1-2-7(6)9/h1-4H,(H,10,11). The molecular formula is C7H5BrINO. The number of benzene rings is 1. The van der Waals surface area contributed by atoms with E-state index in [1.54, 1.807) is 0 Å². The van der Waals surface area contributed by atoms with Gasteiger partial charge in [0.25, 0.3) is 0 Å². The molecule has 0 aliphatic heterocycles. The fraction of sp³-hybridized carbons (Fsp3) is 0. The average Bonchev–Trinajstić information content (AvgIpc) is 1.98. The molecule has 0 heterocycles. The summed E-state index contributed by atoms with van der Waals surface area (Å²) in [5.74, 6) is 0. The van der Waals surface area contributed by atoms with E-state index in [9.17, 15) is 4.79 Å². The summed E-state index contributed by atoms with van der Waals surface area (Å²) in [6, 6.07) is 5.63. The Bertz CT molecular complexity index is 277. The van der Waals surface area contributed by atoms with E-state index < -0.39 is 0 Å². The van der Waals surface area contributed by atoms with Gasteiger partial charge in [0.2, 0.25) is 6.41 Å². The molecule has 0 radical (unpaired) electrons. The third kappa shape index (κ3) is 2.44. The zero-order valence-corrected chi connectivity index (χ0v) is 9.22. The Labute approximate surface area is 86.6 Å². The lowest BCUT2D eigenvalue weighted by molar-refractivity contribution is -0.105. The molecule has 1 aromatic rings. The number of halogens is 2. The van der Waals surface area contributed by atoms with Gasteiger partial charge in [-0.3, -0.25) is 4.79 Å². The first kappa shape index (κ1) is 8.99. The SMILES string of the molecule is O=CNc1ccc(I)c(Br)c1. The molecule has 58 valence electrons. The second kappa shape index (κ2) is 4.06. The Morgan fingerprint density at radius 3 is 2.82 bits per heavy atom. The smallest absolute Gasteiger partial charge is 0.211 e. The van der Waals surface area contributed by atoms with Crippen molar-refractivity contribution in [2.24, 2.45) is 0 Å². The molecule has 0 unspecified atom stereocenters. The van der Waals surface area contributed by atoms with Gasteiger partial charge in [-0.25, -0.2) is 0 Å². The first-order valence-electron chi connectivity index (χ1n) is 2.89. The highest BCUT2D eigenvalue weighted by atomic mass is 127. The second-order valence-electron chi connectivity index (χ2n) is 1.89. The van der Waals surface area contributed by atoms with Crippen LogP contribution in [0.5, 0.6) is 0 Å². The molecule has 11 heavy (non-hydrogen) atoms. The Morgan fingerprint density at radius 2 is 2.27 bits per heavy atom. The van der Waals surface area contributed by atoms with Crippen molar-refractivity contribution in [3.8, 4) is 0 Å². The van der Waals surface area contributed by atoms with E-state index >= 15 is 0 Å². The third-order valence-electron chi connectivity index (χ3n) is 1.15. The van der Waals surface area contributed by atoms with Crippen LogP contribution in [0.2, 0.25) is 0 Å². The van der Waals surface area contributed by atoms with E-state index in [0.29, 0.717) is 6.41 Å². The van der Waals surface area contributed by atoms with Crippen LogP contribution < -0.4 is 5.32 Å². The number of hydrogen-bond acceptors (Lipinski definition) is 1. The summed E-state index contributed by atoms with van der Waals surface area (Å²) in [5.41, 5.74) is 0.798. The third-order valence-corrected chi connectivity index (χ3v) is 3.48. The van der Waals surface area contributed by atoms with E-state index in [1.807, 2.05) is 18.2 Å². The van der Waals surface area contributed by atoms with Gasteiger partial charge in [-0.15, -0.1) is 0 Å². The lowest BCUT2D eigenvalue weighted by atomic mass is 10.3. The summed E-state index contributed by atoms with van der Waals surface area (Å²) in [7, 11) is 0. The van der Waals surface area contributed by atoms with E-state index in [4.69, 9.17) is 0 Å². The fourth-order valence-corrected chi connectivity index (χ4v) is 1.37. The van der Waals surface area contributed by atoms with Gasteiger partial charge in [-0.1, -0.05) is 0 Å². The molecule has 2 nitrogen and oxygen atoms in total. The lowest BCUT2D eigenvalue weighted by Crippen LogP contribution is -1.93. The van der Waals surface area contributed by atoms with Crippen LogP contribution in [-0.2, 0) is 4.79 Å². The maximum atomic E-state index is 10.0. The highest BCUT2D eigenvalue weighted by Crippen LogP contribution is 2.22. The van der Waals surface area contributed by atoms with Gasteiger partial charge < -0.3 is 5.32 Å². The zero-order valence-electron chi connectivity index (χ0n) is 5.47. The molecule has 1 amide bonds. The second-order valence-corrected chi connectivity index (χ2v) is 3.91. The molecule has 0 fully saturated rings. The van der Waals surface area contributed by atoms with Gasteiger partial charge in [0.1, 0.15) is 0 Å². The molecule has 0 bridgehead atoms.